The second-order valence-electron chi connectivity index (χ2n) is 7.32. The molecule has 0 aromatic heterocycles. The molecule has 2 amide bonds. The average molecular weight is 393 g/mol. The standard InChI is InChI=1S/C21H17ClN4O2/c22-15-6-4-14(5-7-15)18-17-19(25-11-1-10-24(18)25)21(28)26(20(17)27)16-8-2-13(12-23)3-9-16/h2-9,17-19H,1,10-11H2/t17-,18+,19+/m0/s1. The van der Waals surface area contributed by atoms with Gasteiger partial charge in [-0.25, -0.2) is 14.9 Å². The number of imide groups is 1. The highest BCUT2D eigenvalue weighted by molar-refractivity contribution is 6.30. The molecule has 5 rings (SSSR count). The van der Waals surface area contributed by atoms with Crippen molar-refractivity contribution in [1.82, 2.24) is 10.0 Å². The second kappa shape index (κ2) is 6.42. The zero-order valence-electron chi connectivity index (χ0n) is 15.0. The van der Waals surface area contributed by atoms with E-state index >= 15 is 0 Å². The van der Waals surface area contributed by atoms with Gasteiger partial charge in [0.2, 0.25) is 5.91 Å². The second-order valence-corrected chi connectivity index (χ2v) is 7.75. The Hall–Kier alpha value is -2.72. The summed E-state index contributed by atoms with van der Waals surface area (Å²) >= 11 is 6.04. The van der Waals surface area contributed by atoms with Crippen molar-refractivity contribution in [3.05, 3.63) is 64.7 Å². The number of fused-ring (bicyclic) bond motifs is 3. The van der Waals surface area contributed by atoms with E-state index < -0.39 is 12.0 Å². The molecule has 6 nitrogen and oxygen atoms in total. The van der Waals surface area contributed by atoms with Gasteiger partial charge in [-0.2, -0.15) is 5.26 Å². The number of benzene rings is 2. The number of anilines is 1. The van der Waals surface area contributed by atoms with Crippen LogP contribution in [-0.4, -0.2) is 41.0 Å². The lowest BCUT2D eigenvalue weighted by atomic mass is 9.90. The first-order valence-electron chi connectivity index (χ1n) is 9.27. The Bertz CT molecular complexity index is 999. The summed E-state index contributed by atoms with van der Waals surface area (Å²) in [6.07, 6.45) is 0.964. The molecule has 3 atom stereocenters. The molecule has 0 unspecified atom stereocenters. The van der Waals surface area contributed by atoms with Gasteiger partial charge in [-0.1, -0.05) is 23.7 Å². The molecule has 2 aromatic rings. The smallest absolute Gasteiger partial charge is 0.253 e. The van der Waals surface area contributed by atoms with Gasteiger partial charge >= 0.3 is 0 Å². The van der Waals surface area contributed by atoms with E-state index in [0.717, 1.165) is 25.1 Å². The Morgan fingerprint density at radius 2 is 1.54 bits per heavy atom. The molecule has 0 saturated carbocycles. The molecule has 3 saturated heterocycles. The molecule has 3 fully saturated rings. The van der Waals surface area contributed by atoms with E-state index in [9.17, 15) is 9.59 Å². The van der Waals surface area contributed by atoms with E-state index in [4.69, 9.17) is 16.9 Å². The zero-order valence-corrected chi connectivity index (χ0v) is 15.7. The third-order valence-electron chi connectivity index (χ3n) is 5.87. The van der Waals surface area contributed by atoms with E-state index in [2.05, 4.69) is 16.1 Å². The lowest BCUT2D eigenvalue weighted by Gasteiger charge is -2.29. The maximum atomic E-state index is 13.4. The minimum Gasteiger partial charge on any atom is -0.274 e. The summed E-state index contributed by atoms with van der Waals surface area (Å²) in [7, 11) is 0. The Morgan fingerprint density at radius 1 is 0.893 bits per heavy atom. The largest absolute Gasteiger partial charge is 0.274 e. The maximum absolute atomic E-state index is 13.4. The number of carbonyl (C=O) groups excluding carboxylic acids is 2. The van der Waals surface area contributed by atoms with Gasteiger partial charge in [0.15, 0.2) is 0 Å². The Kier molecular flexibility index (Phi) is 3.98. The third kappa shape index (κ3) is 2.41. The molecule has 3 aliphatic rings. The number of hydrogen-bond donors (Lipinski definition) is 0. The number of hydrogen-bond acceptors (Lipinski definition) is 5. The Balaban J connectivity index is 1.56. The normalized spacial score (nSPS) is 27.1. The molecule has 0 spiro atoms. The van der Waals surface area contributed by atoms with Crippen LogP contribution in [0.25, 0.3) is 0 Å². The summed E-state index contributed by atoms with van der Waals surface area (Å²) in [6.45, 7) is 1.60. The fourth-order valence-electron chi connectivity index (χ4n) is 4.71. The summed E-state index contributed by atoms with van der Waals surface area (Å²) in [5.41, 5.74) is 2.00. The minimum atomic E-state index is -0.480. The van der Waals surface area contributed by atoms with Crippen LogP contribution in [0.5, 0.6) is 0 Å². The first-order valence-corrected chi connectivity index (χ1v) is 9.64. The van der Waals surface area contributed by atoms with Crippen LogP contribution >= 0.6 is 11.6 Å². The minimum absolute atomic E-state index is 0.176. The van der Waals surface area contributed by atoms with Gasteiger partial charge < -0.3 is 0 Å². The van der Waals surface area contributed by atoms with Crippen LogP contribution in [0.4, 0.5) is 5.69 Å². The van der Waals surface area contributed by atoms with Crippen molar-refractivity contribution in [3.8, 4) is 6.07 Å². The van der Waals surface area contributed by atoms with Crippen LogP contribution in [-0.2, 0) is 9.59 Å². The predicted molar refractivity (Wildman–Crippen MR) is 103 cm³/mol. The molecule has 3 heterocycles. The molecule has 0 N–H and O–H groups in total. The summed E-state index contributed by atoms with van der Waals surface area (Å²) in [5.74, 6) is -0.832. The lowest BCUT2D eigenvalue weighted by Crippen LogP contribution is -2.44. The highest BCUT2D eigenvalue weighted by Gasteiger charge is 2.62. The van der Waals surface area contributed by atoms with Gasteiger partial charge in [-0.15, -0.1) is 0 Å². The van der Waals surface area contributed by atoms with Crippen molar-refractivity contribution in [3.63, 3.8) is 0 Å². The molecule has 0 radical (unpaired) electrons. The van der Waals surface area contributed by atoms with Crippen LogP contribution in [0, 0.1) is 17.2 Å². The Labute approximate surface area is 167 Å². The number of halogens is 1. The molecule has 140 valence electrons. The molecule has 28 heavy (non-hydrogen) atoms. The molecule has 0 aliphatic carbocycles. The van der Waals surface area contributed by atoms with Crippen LogP contribution < -0.4 is 4.90 Å². The van der Waals surface area contributed by atoms with Crippen molar-refractivity contribution in [2.75, 3.05) is 18.0 Å². The van der Waals surface area contributed by atoms with Gasteiger partial charge in [0.05, 0.1) is 29.3 Å². The molecule has 2 aromatic carbocycles. The van der Waals surface area contributed by atoms with Crippen LogP contribution in [0.1, 0.15) is 23.6 Å². The summed E-state index contributed by atoms with van der Waals surface area (Å²) in [5, 5.41) is 13.9. The lowest BCUT2D eigenvalue weighted by molar-refractivity contribution is -0.126. The molecule has 0 bridgehead atoms. The van der Waals surface area contributed by atoms with Crippen LogP contribution in [0.3, 0.4) is 0 Å². The van der Waals surface area contributed by atoms with Crippen LogP contribution in [0.15, 0.2) is 48.5 Å². The Morgan fingerprint density at radius 3 is 2.18 bits per heavy atom. The third-order valence-corrected chi connectivity index (χ3v) is 6.12. The van der Waals surface area contributed by atoms with Crippen molar-refractivity contribution >= 4 is 29.1 Å². The number of amides is 2. The van der Waals surface area contributed by atoms with E-state index in [1.54, 1.807) is 24.3 Å². The van der Waals surface area contributed by atoms with E-state index in [1.165, 1.54) is 4.90 Å². The monoisotopic (exact) mass is 392 g/mol. The van der Waals surface area contributed by atoms with Crippen molar-refractivity contribution in [2.45, 2.75) is 18.5 Å². The van der Waals surface area contributed by atoms with Gasteiger partial charge in [0.1, 0.15) is 6.04 Å². The van der Waals surface area contributed by atoms with Gasteiger partial charge in [-0.3, -0.25) is 9.59 Å². The van der Waals surface area contributed by atoms with Crippen LogP contribution in [0.2, 0.25) is 5.02 Å². The topological polar surface area (TPSA) is 67.7 Å². The maximum Gasteiger partial charge on any atom is 0.253 e. The molecular formula is C21H17ClN4O2. The molecular weight excluding hydrogens is 376 g/mol. The van der Waals surface area contributed by atoms with Crippen molar-refractivity contribution in [1.29, 1.82) is 5.26 Å². The van der Waals surface area contributed by atoms with E-state index in [0.29, 0.717) is 16.3 Å². The summed E-state index contributed by atoms with van der Waals surface area (Å²) in [4.78, 5) is 28.0. The van der Waals surface area contributed by atoms with E-state index in [-0.39, 0.29) is 17.9 Å². The van der Waals surface area contributed by atoms with Crippen molar-refractivity contribution in [2.24, 2.45) is 5.92 Å². The van der Waals surface area contributed by atoms with Gasteiger partial charge in [-0.05, 0) is 48.4 Å². The number of nitrogens with zero attached hydrogens (tertiary/aromatic N) is 4. The fourth-order valence-corrected chi connectivity index (χ4v) is 4.84. The quantitative estimate of drug-likeness (QED) is 0.735. The number of nitriles is 1. The zero-order chi connectivity index (χ0) is 19.4. The molecule has 7 heteroatoms. The SMILES string of the molecule is N#Cc1ccc(N2C(=O)[C@H]3[C@@H](c4ccc(Cl)cc4)N4CCCN4[C@H]3C2=O)cc1. The average Bonchev–Trinajstić information content (AvgIpc) is 3.35. The highest BCUT2D eigenvalue weighted by Crippen LogP contribution is 2.48. The van der Waals surface area contributed by atoms with Crippen molar-refractivity contribution < 1.29 is 9.59 Å². The molecule has 3 aliphatic heterocycles. The first-order chi connectivity index (χ1) is 13.6. The summed E-state index contributed by atoms with van der Waals surface area (Å²) < 4.78 is 0. The number of rotatable bonds is 2. The van der Waals surface area contributed by atoms with E-state index in [1.807, 2.05) is 24.3 Å². The number of hydrazine groups is 1. The predicted octanol–water partition coefficient (Wildman–Crippen LogP) is 2.75. The highest BCUT2D eigenvalue weighted by atomic mass is 35.5. The fraction of sp³-hybridized carbons (Fsp3) is 0.286. The van der Waals surface area contributed by atoms with Gasteiger partial charge in [0.25, 0.3) is 5.91 Å². The first kappa shape index (κ1) is 17.4. The van der Waals surface area contributed by atoms with Gasteiger partial charge in [0, 0.05) is 18.1 Å². The number of carbonyl (C=O) groups is 2. The summed E-state index contributed by atoms with van der Waals surface area (Å²) in [6, 6.07) is 15.5.